The summed E-state index contributed by atoms with van der Waals surface area (Å²) in [6, 6.07) is 0.0827. The minimum Gasteiger partial charge on any atom is -0.481 e. The van der Waals surface area contributed by atoms with Gasteiger partial charge in [0.05, 0.1) is 5.41 Å². The van der Waals surface area contributed by atoms with Crippen molar-refractivity contribution in [3.8, 4) is 0 Å². The molecule has 0 aromatic heterocycles. The van der Waals surface area contributed by atoms with E-state index >= 15 is 0 Å². The number of hydrogen-bond acceptors (Lipinski definition) is 2. The van der Waals surface area contributed by atoms with Gasteiger partial charge in [0.1, 0.15) is 0 Å². The molecule has 5 nitrogen and oxygen atoms in total. The second-order valence-electron chi connectivity index (χ2n) is 5.90. The van der Waals surface area contributed by atoms with Crippen LogP contribution in [0.5, 0.6) is 0 Å². The number of allylic oxidation sites excluding steroid dienone is 1. The lowest BCUT2D eigenvalue weighted by Gasteiger charge is -2.40. The summed E-state index contributed by atoms with van der Waals surface area (Å²) in [5.74, 6) is -0.780. The molecule has 2 rings (SSSR count). The summed E-state index contributed by atoms with van der Waals surface area (Å²) in [5.41, 5.74) is -0.762. The highest BCUT2D eigenvalue weighted by Gasteiger charge is 2.42. The summed E-state index contributed by atoms with van der Waals surface area (Å²) in [7, 11) is 0. The Balaban J connectivity index is 1.95. The summed E-state index contributed by atoms with van der Waals surface area (Å²) in [6.07, 6.45) is 9.06. The predicted molar refractivity (Wildman–Crippen MR) is 76.5 cm³/mol. The highest BCUT2D eigenvalue weighted by Crippen LogP contribution is 2.33. The van der Waals surface area contributed by atoms with Crippen LogP contribution in [0.15, 0.2) is 12.2 Å². The third kappa shape index (κ3) is 3.14. The van der Waals surface area contributed by atoms with Crippen LogP contribution in [0.4, 0.5) is 4.79 Å². The van der Waals surface area contributed by atoms with Crippen molar-refractivity contribution in [2.24, 2.45) is 5.41 Å². The molecule has 0 bridgehead atoms. The molecule has 0 spiro atoms. The fourth-order valence-corrected chi connectivity index (χ4v) is 3.11. The Hall–Kier alpha value is -1.52. The molecule has 1 saturated heterocycles. The normalized spacial score (nSPS) is 30.1. The molecule has 0 aromatic carbocycles. The smallest absolute Gasteiger partial charge is 0.317 e. The number of amides is 2. The first-order chi connectivity index (χ1) is 9.57. The van der Waals surface area contributed by atoms with Gasteiger partial charge in [0, 0.05) is 19.1 Å². The molecule has 1 fully saturated rings. The first-order valence-corrected chi connectivity index (χ1v) is 7.51. The molecule has 1 aliphatic carbocycles. The average molecular weight is 280 g/mol. The Bertz CT molecular complexity index is 408. The number of carboxylic acid groups (broad SMARTS) is 1. The third-order valence-corrected chi connectivity index (χ3v) is 4.59. The molecule has 0 saturated carbocycles. The van der Waals surface area contributed by atoms with Crippen molar-refractivity contribution in [1.82, 2.24) is 10.2 Å². The molecule has 2 atom stereocenters. The van der Waals surface area contributed by atoms with Crippen molar-refractivity contribution >= 4 is 12.0 Å². The van der Waals surface area contributed by atoms with Crippen molar-refractivity contribution in [1.29, 1.82) is 0 Å². The Morgan fingerprint density at radius 2 is 2.25 bits per heavy atom. The Labute approximate surface area is 120 Å². The van der Waals surface area contributed by atoms with E-state index in [0.717, 1.165) is 25.7 Å². The molecule has 0 radical (unpaired) electrons. The molecule has 2 aliphatic rings. The van der Waals surface area contributed by atoms with E-state index in [1.165, 1.54) is 0 Å². The number of carbonyl (C=O) groups excluding carboxylic acids is 1. The summed E-state index contributed by atoms with van der Waals surface area (Å²) in [4.78, 5) is 25.5. The minimum absolute atomic E-state index is 0.107. The zero-order chi connectivity index (χ0) is 14.6. The van der Waals surface area contributed by atoms with Crippen LogP contribution in [-0.2, 0) is 4.79 Å². The van der Waals surface area contributed by atoms with Gasteiger partial charge in [-0.2, -0.15) is 0 Å². The first kappa shape index (κ1) is 14.9. The molecule has 5 heteroatoms. The average Bonchev–Trinajstić information content (AvgIpc) is 2.48. The summed E-state index contributed by atoms with van der Waals surface area (Å²) < 4.78 is 0. The first-order valence-electron chi connectivity index (χ1n) is 7.51. The number of hydrogen-bond donors (Lipinski definition) is 2. The van der Waals surface area contributed by atoms with Crippen LogP contribution in [0, 0.1) is 5.41 Å². The third-order valence-electron chi connectivity index (χ3n) is 4.59. The highest BCUT2D eigenvalue weighted by atomic mass is 16.4. The zero-order valence-electron chi connectivity index (χ0n) is 12.1. The van der Waals surface area contributed by atoms with Crippen LogP contribution in [0.3, 0.4) is 0 Å². The van der Waals surface area contributed by atoms with Crippen molar-refractivity contribution in [2.45, 2.75) is 51.5 Å². The van der Waals surface area contributed by atoms with Crippen molar-refractivity contribution in [3.63, 3.8) is 0 Å². The monoisotopic (exact) mass is 280 g/mol. The van der Waals surface area contributed by atoms with Gasteiger partial charge in [-0.15, -0.1) is 0 Å². The van der Waals surface area contributed by atoms with E-state index in [4.69, 9.17) is 0 Å². The van der Waals surface area contributed by atoms with E-state index in [2.05, 4.69) is 17.5 Å². The quantitative estimate of drug-likeness (QED) is 0.780. The number of rotatable bonds is 3. The Kier molecular flexibility index (Phi) is 4.68. The fourth-order valence-electron chi connectivity index (χ4n) is 3.11. The maximum atomic E-state index is 12.3. The summed E-state index contributed by atoms with van der Waals surface area (Å²) >= 11 is 0. The molecule has 1 heterocycles. The molecule has 2 unspecified atom stereocenters. The van der Waals surface area contributed by atoms with Gasteiger partial charge in [0.25, 0.3) is 0 Å². The SMILES string of the molecule is CCC1(C(=O)O)CCCN(C(=O)NC2CC=CCC2)C1. The van der Waals surface area contributed by atoms with E-state index in [-0.39, 0.29) is 12.1 Å². The lowest BCUT2D eigenvalue weighted by Crippen LogP contribution is -2.54. The largest absolute Gasteiger partial charge is 0.481 e. The number of carbonyl (C=O) groups is 2. The van der Waals surface area contributed by atoms with E-state index in [1.807, 2.05) is 6.92 Å². The van der Waals surface area contributed by atoms with Crippen molar-refractivity contribution < 1.29 is 14.7 Å². The van der Waals surface area contributed by atoms with Crippen LogP contribution in [0.2, 0.25) is 0 Å². The fraction of sp³-hybridized carbons (Fsp3) is 0.733. The van der Waals surface area contributed by atoms with Gasteiger partial charge < -0.3 is 15.3 Å². The van der Waals surface area contributed by atoms with Crippen LogP contribution in [0.1, 0.15) is 45.4 Å². The molecule has 2 N–H and O–H groups in total. The predicted octanol–water partition coefficient (Wildman–Crippen LogP) is 2.38. The summed E-state index contributed by atoms with van der Waals surface area (Å²) in [5, 5.41) is 12.5. The molecule has 112 valence electrons. The van der Waals surface area contributed by atoms with Crippen molar-refractivity contribution in [3.05, 3.63) is 12.2 Å². The highest BCUT2D eigenvalue weighted by molar-refractivity contribution is 5.79. The number of urea groups is 1. The molecular formula is C15H24N2O3. The maximum absolute atomic E-state index is 12.3. The second-order valence-corrected chi connectivity index (χ2v) is 5.90. The Morgan fingerprint density at radius 1 is 1.45 bits per heavy atom. The number of nitrogens with zero attached hydrogens (tertiary/aromatic N) is 1. The number of aliphatic carboxylic acids is 1. The van der Waals surface area contributed by atoms with Crippen molar-refractivity contribution in [2.75, 3.05) is 13.1 Å². The van der Waals surface area contributed by atoms with E-state index in [9.17, 15) is 14.7 Å². The number of nitrogens with one attached hydrogen (secondary N) is 1. The molecule has 2 amide bonds. The van der Waals surface area contributed by atoms with Crippen LogP contribution >= 0.6 is 0 Å². The van der Waals surface area contributed by atoms with Gasteiger partial charge in [-0.25, -0.2) is 4.79 Å². The standard InChI is InChI=1S/C15H24N2O3/c1-2-15(13(18)19)9-6-10-17(11-15)14(20)16-12-7-4-3-5-8-12/h3-4,12H,2,5-11H2,1H3,(H,16,20)(H,18,19). The van der Waals surface area contributed by atoms with E-state index in [0.29, 0.717) is 25.9 Å². The zero-order valence-corrected chi connectivity index (χ0v) is 12.1. The second kappa shape index (κ2) is 6.29. The van der Waals surface area contributed by atoms with Gasteiger partial charge in [0.15, 0.2) is 0 Å². The number of carboxylic acids is 1. The number of likely N-dealkylation sites (tertiary alicyclic amines) is 1. The molecule has 20 heavy (non-hydrogen) atoms. The van der Waals surface area contributed by atoms with Gasteiger partial charge in [-0.3, -0.25) is 4.79 Å². The Morgan fingerprint density at radius 3 is 2.85 bits per heavy atom. The lowest BCUT2D eigenvalue weighted by molar-refractivity contribution is -0.152. The van der Waals surface area contributed by atoms with Crippen LogP contribution in [0.25, 0.3) is 0 Å². The maximum Gasteiger partial charge on any atom is 0.317 e. The lowest BCUT2D eigenvalue weighted by atomic mass is 9.78. The minimum atomic E-state index is -0.780. The van der Waals surface area contributed by atoms with Gasteiger partial charge in [-0.1, -0.05) is 19.1 Å². The van der Waals surface area contributed by atoms with E-state index in [1.54, 1.807) is 4.90 Å². The topological polar surface area (TPSA) is 69.6 Å². The molecule has 1 aliphatic heterocycles. The van der Waals surface area contributed by atoms with Crippen LogP contribution in [-0.4, -0.2) is 41.1 Å². The molecule has 0 aromatic rings. The van der Waals surface area contributed by atoms with Crippen LogP contribution < -0.4 is 5.32 Å². The molecular weight excluding hydrogens is 256 g/mol. The summed E-state index contributed by atoms with van der Waals surface area (Å²) in [6.45, 7) is 2.87. The van der Waals surface area contributed by atoms with Gasteiger partial charge >= 0.3 is 12.0 Å². The number of piperidine rings is 1. The van der Waals surface area contributed by atoms with Gasteiger partial charge in [-0.05, 0) is 38.5 Å². The van der Waals surface area contributed by atoms with Gasteiger partial charge in [0.2, 0.25) is 0 Å². The van der Waals surface area contributed by atoms with E-state index < -0.39 is 11.4 Å².